The van der Waals surface area contributed by atoms with Gasteiger partial charge < -0.3 is 9.84 Å². The van der Waals surface area contributed by atoms with E-state index >= 15 is 0 Å². The van der Waals surface area contributed by atoms with Crippen LogP contribution in [0.25, 0.3) is 0 Å². The first-order chi connectivity index (χ1) is 8.86. The van der Waals surface area contributed by atoms with Gasteiger partial charge in [-0.3, -0.25) is 10.3 Å². The number of anilines is 1. The van der Waals surface area contributed by atoms with Crippen LogP contribution in [0.1, 0.15) is 26.2 Å². The number of rotatable bonds is 10. The molecule has 4 nitrogen and oxygen atoms in total. The molecule has 1 aromatic rings. The quantitative estimate of drug-likeness (QED) is 0.497. The second kappa shape index (κ2) is 9.88. The average molecular weight is 253 g/mol. The standard InChI is InChI=1S/C14H23NO3/c1-2-3-10-17-11-9-14(12-16)18-15-13-7-5-4-6-8-13/h4-8,14-16H,2-3,9-12H2,1H3/t14-/m1/s1. The van der Waals surface area contributed by atoms with Crippen LogP contribution in [0, 0.1) is 0 Å². The summed E-state index contributed by atoms with van der Waals surface area (Å²) in [5, 5.41) is 9.19. The molecule has 0 aliphatic rings. The lowest BCUT2D eigenvalue weighted by molar-refractivity contribution is 0.0159. The highest BCUT2D eigenvalue weighted by Gasteiger charge is 2.08. The first-order valence-corrected chi connectivity index (χ1v) is 6.52. The van der Waals surface area contributed by atoms with Crippen LogP contribution in [0.5, 0.6) is 0 Å². The lowest BCUT2D eigenvalue weighted by atomic mass is 10.3. The van der Waals surface area contributed by atoms with Crippen LogP contribution in [0.2, 0.25) is 0 Å². The Kier molecular flexibility index (Phi) is 8.21. The van der Waals surface area contributed by atoms with Gasteiger partial charge in [0.1, 0.15) is 6.10 Å². The lowest BCUT2D eigenvalue weighted by Crippen LogP contribution is -2.23. The zero-order valence-corrected chi connectivity index (χ0v) is 11.0. The van der Waals surface area contributed by atoms with E-state index in [9.17, 15) is 5.11 Å². The summed E-state index contributed by atoms with van der Waals surface area (Å²) in [4.78, 5) is 5.40. The molecule has 1 aromatic carbocycles. The summed E-state index contributed by atoms with van der Waals surface area (Å²) in [7, 11) is 0. The van der Waals surface area contributed by atoms with Crippen LogP contribution in [0.3, 0.4) is 0 Å². The van der Waals surface area contributed by atoms with E-state index in [4.69, 9.17) is 9.57 Å². The molecule has 4 heteroatoms. The van der Waals surface area contributed by atoms with E-state index in [0.29, 0.717) is 13.0 Å². The van der Waals surface area contributed by atoms with E-state index < -0.39 is 0 Å². The van der Waals surface area contributed by atoms with Gasteiger partial charge in [-0.2, -0.15) is 0 Å². The molecule has 0 heterocycles. The minimum atomic E-state index is -0.244. The molecule has 0 amide bonds. The molecule has 2 N–H and O–H groups in total. The fourth-order valence-electron chi connectivity index (χ4n) is 1.41. The summed E-state index contributed by atoms with van der Waals surface area (Å²) in [6, 6.07) is 9.61. The highest BCUT2D eigenvalue weighted by molar-refractivity contribution is 5.40. The average Bonchev–Trinajstić information content (AvgIpc) is 2.43. The van der Waals surface area contributed by atoms with Crippen LogP contribution >= 0.6 is 0 Å². The largest absolute Gasteiger partial charge is 0.394 e. The van der Waals surface area contributed by atoms with Gasteiger partial charge in [-0.1, -0.05) is 31.5 Å². The summed E-state index contributed by atoms with van der Waals surface area (Å²) in [5.74, 6) is 0. The van der Waals surface area contributed by atoms with Gasteiger partial charge in [-0.15, -0.1) is 0 Å². The first-order valence-electron chi connectivity index (χ1n) is 6.52. The zero-order chi connectivity index (χ0) is 13.1. The van der Waals surface area contributed by atoms with Gasteiger partial charge in [0.05, 0.1) is 12.3 Å². The van der Waals surface area contributed by atoms with Gasteiger partial charge in [0.15, 0.2) is 0 Å². The Balaban J connectivity index is 2.13. The van der Waals surface area contributed by atoms with Crippen molar-refractivity contribution in [2.75, 3.05) is 25.3 Å². The molecule has 1 atom stereocenters. The van der Waals surface area contributed by atoms with Crippen LogP contribution in [0.15, 0.2) is 30.3 Å². The molecule has 0 saturated heterocycles. The number of aliphatic hydroxyl groups excluding tert-OH is 1. The second-order valence-corrected chi connectivity index (χ2v) is 4.15. The number of unbranched alkanes of at least 4 members (excludes halogenated alkanes) is 1. The van der Waals surface area contributed by atoms with E-state index in [1.54, 1.807) is 0 Å². The number of hydrogen-bond acceptors (Lipinski definition) is 4. The van der Waals surface area contributed by atoms with Crippen LogP contribution < -0.4 is 5.48 Å². The van der Waals surface area contributed by atoms with Gasteiger partial charge in [0.2, 0.25) is 0 Å². The molecule has 0 unspecified atom stereocenters. The maximum Gasteiger partial charge on any atom is 0.111 e. The number of ether oxygens (including phenoxy) is 1. The summed E-state index contributed by atoms with van der Waals surface area (Å²) < 4.78 is 5.44. The van der Waals surface area contributed by atoms with Crippen molar-refractivity contribution >= 4 is 5.69 Å². The Labute approximate surface area is 109 Å². The van der Waals surface area contributed by atoms with Gasteiger partial charge in [-0.25, -0.2) is 0 Å². The molecule has 0 fully saturated rings. The number of aliphatic hydroxyl groups is 1. The molecule has 0 spiro atoms. The monoisotopic (exact) mass is 253 g/mol. The molecule has 102 valence electrons. The number of hydrogen-bond donors (Lipinski definition) is 2. The van der Waals surface area contributed by atoms with E-state index in [0.717, 1.165) is 25.1 Å². The highest BCUT2D eigenvalue weighted by Crippen LogP contribution is 2.07. The van der Waals surface area contributed by atoms with Crippen molar-refractivity contribution in [3.63, 3.8) is 0 Å². The summed E-state index contributed by atoms with van der Waals surface area (Å²) in [6.07, 6.45) is 2.65. The van der Waals surface area contributed by atoms with Gasteiger partial charge in [-0.05, 0) is 18.6 Å². The van der Waals surface area contributed by atoms with Gasteiger partial charge in [0, 0.05) is 19.6 Å². The van der Waals surface area contributed by atoms with Crippen LogP contribution in [-0.4, -0.2) is 31.0 Å². The Morgan fingerprint density at radius 3 is 2.67 bits per heavy atom. The number of para-hydroxylation sites is 1. The van der Waals surface area contributed by atoms with E-state index in [1.807, 2.05) is 30.3 Å². The second-order valence-electron chi connectivity index (χ2n) is 4.15. The third-order valence-electron chi connectivity index (χ3n) is 2.55. The minimum Gasteiger partial charge on any atom is -0.394 e. The molecule has 0 aliphatic heterocycles. The normalized spacial score (nSPS) is 12.3. The van der Waals surface area contributed by atoms with Gasteiger partial charge in [0.25, 0.3) is 0 Å². The molecule has 1 rings (SSSR count). The smallest absolute Gasteiger partial charge is 0.111 e. The molecule has 0 aliphatic carbocycles. The maximum atomic E-state index is 9.19. The molecular formula is C14H23NO3. The van der Waals surface area contributed by atoms with Crippen LogP contribution in [0.4, 0.5) is 5.69 Å². The third kappa shape index (κ3) is 6.59. The Morgan fingerprint density at radius 2 is 2.00 bits per heavy atom. The van der Waals surface area contributed by atoms with Crippen molar-refractivity contribution in [3.8, 4) is 0 Å². The predicted molar refractivity (Wildman–Crippen MR) is 72.4 cm³/mol. The van der Waals surface area contributed by atoms with Crippen molar-refractivity contribution in [3.05, 3.63) is 30.3 Å². The van der Waals surface area contributed by atoms with E-state index in [1.165, 1.54) is 0 Å². The molecule has 18 heavy (non-hydrogen) atoms. The topological polar surface area (TPSA) is 50.7 Å². The molecule has 0 bridgehead atoms. The Hall–Kier alpha value is -1.10. The minimum absolute atomic E-state index is 0.0169. The number of nitrogens with one attached hydrogen (secondary N) is 1. The fraction of sp³-hybridized carbons (Fsp3) is 0.571. The number of benzene rings is 1. The van der Waals surface area contributed by atoms with E-state index in [2.05, 4.69) is 12.4 Å². The van der Waals surface area contributed by atoms with Crippen molar-refractivity contribution in [1.29, 1.82) is 0 Å². The van der Waals surface area contributed by atoms with Crippen molar-refractivity contribution in [1.82, 2.24) is 0 Å². The molecule has 0 radical (unpaired) electrons. The maximum absolute atomic E-state index is 9.19. The van der Waals surface area contributed by atoms with Crippen molar-refractivity contribution < 1.29 is 14.7 Å². The third-order valence-corrected chi connectivity index (χ3v) is 2.55. The lowest BCUT2D eigenvalue weighted by Gasteiger charge is -2.16. The van der Waals surface area contributed by atoms with Crippen molar-refractivity contribution in [2.24, 2.45) is 0 Å². The van der Waals surface area contributed by atoms with Crippen LogP contribution in [-0.2, 0) is 9.57 Å². The summed E-state index contributed by atoms with van der Waals surface area (Å²) in [6.45, 7) is 3.51. The highest BCUT2D eigenvalue weighted by atomic mass is 16.7. The molecular weight excluding hydrogens is 230 g/mol. The SMILES string of the molecule is CCCCOCC[C@H](CO)ONc1ccccc1. The van der Waals surface area contributed by atoms with Gasteiger partial charge >= 0.3 is 0 Å². The van der Waals surface area contributed by atoms with E-state index in [-0.39, 0.29) is 12.7 Å². The summed E-state index contributed by atoms with van der Waals surface area (Å²) in [5.41, 5.74) is 3.71. The molecule has 0 saturated carbocycles. The zero-order valence-electron chi connectivity index (χ0n) is 11.0. The summed E-state index contributed by atoms with van der Waals surface area (Å²) >= 11 is 0. The predicted octanol–water partition coefficient (Wildman–Crippen LogP) is 2.60. The Morgan fingerprint density at radius 1 is 1.22 bits per heavy atom. The Bertz CT molecular complexity index is 292. The first kappa shape index (κ1) is 15.0. The molecule has 0 aromatic heterocycles. The van der Waals surface area contributed by atoms with Crippen molar-refractivity contribution in [2.45, 2.75) is 32.3 Å². The fourth-order valence-corrected chi connectivity index (χ4v) is 1.41.